The number of aryl methyl sites for hydroxylation is 1. The number of amides is 3. The molecule has 1 heterocycles. The Bertz CT molecular complexity index is 1170. The van der Waals surface area contributed by atoms with Gasteiger partial charge in [-0.2, -0.15) is 0 Å². The van der Waals surface area contributed by atoms with Crippen LogP contribution in [0.15, 0.2) is 54.6 Å². The molecule has 3 aromatic rings. The zero-order valence-corrected chi connectivity index (χ0v) is 19.8. The third-order valence-electron chi connectivity index (χ3n) is 4.88. The number of thiophene rings is 1. The van der Waals surface area contributed by atoms with Gasteiger partial charge < -0.3 is 15.5 Å². The van der Waals surface area contributed by atoms with E-state index in [2.05, 4.69) is 10.6 Å². The molecule has 3 rings (SSSR count). The van der Waals surface area contributed by atoms with Crippen molar-refractivity contribution in [3.05, 3.63) is 75.6 Å². The number of likely N-dealkylation sites (N-methyl/N-ethyl adjacent to an activating group) is 1. The number of nitrogens with one attached hydrogen (secondary N) is 2. The van der Waals surface area contributed by atoms with Crippen LogP contribution >= 0.6 is 22.9 Å². The minimum Gasteiger partial charge on any atom is -0.347 e. The molecule has 0 fully saturated rings. The second kappa shape index (κ2) is 9.97. The molecule has 3 amide bonds. The highest BCUT2D eigenvalue weighted by atomic mass is 35.5. The Morgan fingerprint density at radius 3 is 2.41 bits per heavy atom. The molecule has 6 nitrogen and oxygen atoms in total. The summed E-state index contributed by atoms with van der Waals surface area (Å²) in [7, 11) is 3.26. The second-order valence-corrected chi connectivity index (χ2v) is 9.05. The number of benzene rings is 2. The first-order chi connectivity index (χ1) is 15.2. The van der Waals surface area contributed by atoms with Gasteiger partial charge in [-0.15, -0.1) is 11.3 Å². The Kier molecular flexibility index (Phi) is 7.33. The summed E-state index contributed by atoms with van der Waals surface area (Å²) >= 11 is 7.60. The molecule has 32 heavy (non-hydrogen) atoms. The van der Waals surface area contributed by atoms with Gasteiger partial charge in [0, 0.05) is 40.8 Å². The van der Waals surface area contributed by atoms with E-state index in [0.717, 1.165) is 16.0 Å². The van der Waals surface area contributed by atoms with Crippen molar-refractivity contribution in [2.45, 2.75) is 19.9 Å². The number of anilines is 1. The van der Waals surface area contributed by atoms with Crippen molar-refractivity contribution in [2.75, 3.05) is 19.4 Å². The van der Waals surface area contributed by atoms with E-state index in [1.165, 1.54) is 16.2 Å². The zero-order chi connectivity index (χ0) is 23.4. The highest BCUT2D eigenvalue weighted by molar-refractivity contribution is 7.17. The molecule has 0 aliphatic heterocycles. The van der Waals surface area contributed by atoms with Gasteiger partial charge in [0.2, 0.25) is 5.91 Å². The summed E-state index contributed by atoms with van der Waals surface area (Å²) in [5.74, 6) is -0.864. The van der Waals surface area contributed by atoms with E-state index in [4.69, 9.17) is 11.6 Å². The summed E-state index contributed by atoms with van der Waals surface area (Å²) < 4.78 is 0. The fourth-order valence-electron chi connectivity index (χ4n) is 3.08. The van der Waals surface area contributed by atoms with E-state index < -0.39 is 6.04 Å². The predicted octanol–water partition coefficient (Wildman–Crippen LogP) is 4.84. The molecular weight excluding hydrogens is 446 g/mol. The number of rotatable bonds is 6. The van der Waals surface area contributed by atoms with Gasteiger partial charge in [-0.05, 0) is 49.7 Å². The average Bonchev–Trinajstić information content (AvgIpc) is 3.25. The van der Waals surface area contributed by atoms with Gasteiger partial charge in [0.1, 0.15) is 6.04 Å². The lowest BCUT2D eigenvalue weighted by atomic mass is 10.1. The fraction of sp³-hybridized carbons (Fsp3) is 0.208. The standard InChI is InChI=1S/C24H24ClN3O3S/c1-14-9-10-16(22(29)26-15(2)24(31)28(3)4)13-19(14)27-23(30)21-12-11-20(32-21)17-7-5-6-8-18(17)25/h5-13,15H,1-4H3,(H,26,29)(H,27,30)/t15-/m0/s1. The lowest BCUT2D eigenvalue weighted by Gasteiger charge is -2.18. The molecule has 0 unspecified atom stereocenters. The van der Waals surface area contributed by atoms with Crippen LogP contribution in [0.25, 0.3) is 10.4 Å². The van der Waals surface area contributed by atoms with Crippen molar-refractivity contribution < 1.29 is 14.4 Å². The maximum atomic E-state index is 12.8. The maximum absolute atomic E-state index is 12.8. The first-order valence-electron chi connectivity index (χ1n) is 9.96. The van der Waals surface area contributed by atoms with Crippen LogP contribution < -0.4 is 10.6 Å². The number of halogens is 1. The Balaban J connectivity index is 1.75. The molecule has 0 aliphatic rings. The third-order valence-corrected chi connectivity index (χ3v) is 6.32. The number of carbonyl (C=O) groups excluding carboxylic acids is 3. The molecule has 2 N–H and O–H groups in total. The maximum Gasteiger partial charge on any atom is 0.265 e. The Morgan fingerprint density at radius 1 is 1.00 bits per heavy atom. The smallest absolute Gasteiger partial charge is 0.265 e. The number of nitrogens with zero attached hydrogens (tertiary/aromatic N) is 1. The van der Waals surface area contributed by atoms with E-state index in [1.54, 1.807) is 45.3 Å². The minimum atomic E-state index is -0.661. The van der Waals surface area contributed by atoms with Crippen molar-refractivity contribution in [1.29, 1.82) is 0 Å². The van der Waals surface area contributed by atoms with Gasteiger partial charge in [-0.3, -0.25) is 14.4 Å². The van der Waals surface area contributed by atoms with Crippen molar-refractivity contribution in [3.8, 4) is 10.4 Å². The highest BCUT2D eigenvalue weighted by Crippen LogP contribution is 2.33. The molecule has 0 bridgehead atoms. The molecule has 0 spiro atoms. The average molecular weight is 470 g/mol. The van der Waals surface area contributed by atoms with Crippen LogP contribution in [0.4, 0.5) is 5.69 Å². The summed E-state index contributed by atoms with van der Waals surface area (Å²) in [6, 6.07) is 15.4. The first kappa shape index (κ1) is 23.5. The van der Waals surface area contributed by atoms with E-state index in [-0.39, 0.29) is 17.7 Å². The van der Waals surface area contributed by atoms with Gasteiger partial charge in [-0.25, -0.2) is 0 Å². The molecule has 2 aromatic carbocycles. The van der Waals surface area contributed by atoms with E-state index in [9.17, 15) is 14.4 Å². The van der Waals surface area contributed by atoms with Crippen LogP contribution in [-0.4, -0.2) is 42.8 Å². The SMILES string of the molecule is Cc1ccc(C(=O)N[C@@H](C)C(=O)N(C)C)cc1NC(=O)c1ccc(-c2ccccc2Cl)s1. The van der Waals surface area contributed by atoms with E-state index in [1.807, 2.05) is 37.3 Å². The summed E-state index contributed by atoms with van der Waals surface area (Å²) in [5.41, 5.74) is 2.57. The minimum absolute atomic E-state index is 0.203. The predicted molar refractivity (Wildman–Crippen MR) is 130 cm³/mol. The van der Waals surface area contributed by atoms with Gasteiger partial charge in [0.05, 0.1) is 4.88 Å². The molecule has 166 valence electrons. The molecule has 1 aromatic heterocycles. The molecule has 8 heteroatoms. The van der Waals surface area contributed by atoms with E-state index >= 15 is 0 Å². The Morgan fingerprint density at radius 2 is 1.72 bits per heavy atom. The lowest BCUT2D eigenvalue weighted by Crippen LogP contribution is -2.44. The van der Waals surface area contributed by atoms with Crippen molar-refractivity contribution >= 4 is 46.3 Å². The van der Waals surface area contributed by atoms with Gasteiger partial charge >= 0.3 is 0 Å². The molecule has 0 radical (unpaired) electrons. The van der Waals surface area contributed by atoms with Crippen LogP contribution in [0.1, 0.15) is 32.5 Å². The monoisotopic (exact) mass is 469 g/mol. The largest absolute Gasteiger partial charge is 0.347 e. The third kappa shape index (κ3) is 5.36. The normalized spacial score (nSPS) is 11.5. The van der Waals surface area contributed by atoms with Crippen LogP contribution in [0.2, 0.25) is 5.02 Å². The first-order valence-corrected chi connectivity index (χ1v) is 11.2. The molecule has 0 saturated heterocycles. The number of hydrogen-bond donors (Lipinski definition) is 2. The molecular formula is C24H24ClN3O3S. The van der Waals surface area contributed by atoms with E-state index in [0.29, 0.717) is 21.2 Å². The quantitative estimate of drug-likeness (QED) is 0.542. The van der Waals surface area contributed by atoms with Crippen LogP contribution in [0.5, 0.6) is 0 Å². The zero-order valence-electron chi connectivity index (χ0n) is 18.2. The van der Waals surface area contributed by atoms with Gasteiger partial charge in [-0.1, -0.05) is 35.9 Å². The topological polar surface area (TPSA) is 78.5 Å². The fourth-order valence-corrected chi connectivity index (χ4v) is 4.31. The van der Waals surface area contributed by atoms with Gasteiger partial charge in [0.15, 0.2) is 0 Å². The van der Waals surface area contributed by atoms with Crippen molar-refractivity contribution in [3.63, 3.8) is 0 Å². The number of carbonyl (C=O) groups is 3. The van der Waals surface area contributed by atoms with Crippen LogP contribution in [0.3, 0.4) is 0 Å². The highest BCUT2D eigenvalue weighted by Gasteiger charge is 2.19. The van der Waals surface area contributed by atoms with Gasteiger partial charge in [0.25, 0.3) is 11.8 Å². The lowest BCUT2D eigenvalue weighted by molar-refractivity contribution is -0.130. The summed E-state index contributed by atoms with van der Waals surface area (Å²) in [5, 5.41) is 6.18. The number of hydrogen-bond acceptors (Lipinski definition) is 4. The van der Waals surface area contributed by atoms with Crippen molar-refractivity contribution in [1.82, 2.24) is 10.2 Å². The Hall–Kier alpha value is -3.16. The summed E-state index contributed by atoms with van der Waals surface area (Å²) in [4.78, 5) is 40.3. The Labute approximate surface area is 196 Å². The van der Waals surface area contributed by atoms with Crippen molar-refractivity contribution in [2.24, 2.45) is 0 Å². The van der Waals surface area contributed by atoms with Crippen LogP contribution in [-0.2, 0) is 4.79 Å². The molecule has 0 saturated carbocycles. The summed E-state index contributed by atoms with van der Waals surface area (Å²) in [6.45, 7) is 3.48. The van der Waals surface area contributed by atoms with Crippen LogP contribution in [0, 0.1) is 6.92 Å². The molecule has 0 aliphatic carbocycles. The molecule has 1 atom stereocenters. The summed E-state index contributed by atoms with van der Waals surface area (Å²) in [6.07, 6.45) is 0. The second-order valence-electron chi connectivity index (χ2n) is 7.56.